The Kier molecular flexibility index (Phi) is 5.83. The van der Waals surface area contributed by atoms with Gasteiger partial charge in [-0.05, 0) is 44.2 Å². The first-order valence-electron chi connectivity index (χ1n) is 10.7. The van der Waals surface area contributed by atoms with Gasteiger partial charge in [0.25, 0.3) is 5.91 Å². The number of piperidine rings is 1. The molecule has 1 aromatic rings. The maximum atomic E-state index is 14.0. The summed E-state index contributed by atoms with van der Waals surface area (Å²) in [6.45, 7) is 3.22. The first-order chi connectivity index (χ1) is 14.0. The van der Waals surface area contributed by atoms with Crippen molar-refractivity contribution in [3.05, 3.63) is 35.6 Å². The van der Waals surface area contributed by atoms with Crippen molar-refractivity contribution in [3.63, 3.8) is 0 Å². The summed E-state index contributed by atoms with van der Waals surface area (Å²) in [7, 11) is 0. The number of likely N-dealkylation sites (tertiary alicyclic amines) is 1. The molecule has 2 heterocycles. The molecule has 2 saturated heterocycles. The fraction of sp³-hybridized carbons (Fsp3) is 0.591. The second kappa shape index (κ2) is 8.51. The standard InChI is InChI=1S/C22H28FN3O3/c23-19-7-2-1-6-18(19)22(29)25-12-4-11-24(13-14-25)21(28)17-5-3-10-26(15-17)20(27)16-8-9-16/h1-2,6-7,16-17H,3-5,8-15H2. The minimum absolute atomic E-state index is 0.0776. The van der Waals surface area contributed by atoms with Crippen LogP contribution in [-0.4, -0.2) is 71.7 Å². The van der Waals surface area contributed by atoms with Crippen LogP contribution in [0, 0.1) is 17.7 Å². The van der Waals surface area contributed by atoms with Crippen molar-refractivity contribution in [2.75, 3.05) is 39.3 Å². The molecule has 3 fully saturated rings. The summed E-state index contributed by atoms with van der Waals surface area (Å²) >= 11 is 0. The normalized spacial score (nSPS) is 22.9. The van der Waals surface area contributed by atoms with Crippen LogP contribution in [0.15, 0.2) is 24.3 Å². The van der Waals surface area contributed by atoms with Gasteiger partial charge in [-0.3, -0.25) is 14.4 Å². The van der Waals surface area contributed by atoms with Gasteiger partial charge in [-0.15, -0.1) is 0 Å². The number of rotatable bonds is 3. The average Bonchev–Trinajstić information content (AvgIpc) is 3.59. The lowest BCUT2D eigenvalue weighted by Gasteiger charge is -2.35. The Morgan fingerprint density at radius 3 is 2.17 bits per heavy atom. The molecular formula is C22H28FN3O3. The topological polar surface area (TPSA) is 60.9 Å². The zero-order chi connectivity index (χ0) is 20.4. The van der Waals surface area contributed by atoms with E-state index < -0.39 is 5.82 Å². The Morgan fingerprint density at radius 1 is 0.759 bits per heavy atom. The molecular weight excluding hydrogens is 373 g/mol. The SMILES string of the molecule is O=C(c1ccccc1F)N1CCCN(C(=O)C2CCCN(C(=O)C3CC3)C2)CC1. The highest BCUT2D eigenvalue weighted by atomic mass is 19.1. The maximum Gasteiger partial charge on any atom is 0.256 e. The fourth-order valence-corrected chi connectivity index (χ4v) is 4.37. The first kappa shape index (κ1) is 19.9. The summed E-state index contributed by atoms with van der Waals surface area (Å²) in [5, 5.41) is 0. The number of hydrogen-bond donors (Lipinski definition) is 0. The Hall–Kier alpha value is -2.44. The average molecular weight is 401 g/mol. The van der Waals surface area contributed by atoms with Crippen LogP contribution in [0.2, 0.25) is 0 Å². The first-order valence-corrected chi connectivity index (χ1v) is 10.7. The van der Waals surface area contributed by atoms with E-state index in [0.717, 1.165) is 32.2 Å². The second-order valence-corrected chi connectivity index (χ2v) is 8.35. The summed E-state index contributed by atoms with van der Waals surface area (Å²) in [5.41, 5.74) is 0.0776. The van der Waals surface area contributed by atoms with Crippen LogP contribution in [0.4, 0.5) is 4.39 Å². The summed E-state index contributed by atoms with van der Waals surface area (Å²) in [5.74, 6) is -0.521. The van der Waals surface area contributed by atoms with Gasteiger partial charge in [0.15, 0.2) is 0 Å². The van der Waals surface area contributed by atoms with E-state index in [9.17, 15) is 18.8 Å². The monoisotopic (exact) mass is 401 g/mol. The molecule has 0 aromatic heterocycles. The lowest BCUT2D eigenvalue weighted by atomic mass is 9.96. The largest absolute Gasteiger partial charge is 0.342 e. The third kappa shape index (κ3) is 4.43. The van der Waals surface area contributed by atoms with Gasteiger partial charge in [0.1, 0.15) is 5.82 Å². The molecule has 4 rings (SSSR count). The van der Waals surface area contributed by atoms with Crippen LogP contribution in [0.1, 0.15) is 42.5 Å². The van der Waals surface area contributed by atoms with Crippen LogP contribution >= 0.6 is 0 Å². The molecule has 1 unspecified atom stereocenters. The van der Waals surface area contributed by atoms with Crippen LogP contribution in [0.3, 0.4) is 0 Å². The molecule has 0 bridgehead atoms. The van der Waals surface area contributed by atoms with E-state index in [2.05, 4.69) is 0 Å². The second-order valence-electron chi connectivity index (χ2n) is 8.35. The van der Waals surface area contributed by atoms with Gasteiger partial charge in [-0.2, -0.15) is 0 Å². The van der Waals surface area contributed by atoms with Crippen molar-refractivity contribution >= 4 is 17.7 Å². The number of amides is 3. The van der Waals surface area contributed by atoms with Crippen molar-refractivity contribution in [3.8, 4) is 0 Å². The molecule has 156 valence electrons. The quantitative estimate of drug-likeness (QED) is 0.780. The third-order valence-electron chi connectivity index (χ3n) is 6.21. The van der Waals surface area contributed by atoms with E-state index in [4.69, 9.17) is 0 Å². The minimum atomic E-state index is -0.516. The minimum Gasteiger partial charge on any atom is -0.342 e. The summed E-state index contributed by atoms with van der Waals surface area (Å²) in [4.78, 5) is 43.5. The highest BCUT2D eigenvalue weighted by molar-refractivity contribution is 5.94. The van der Waals surface area contributed by atoms with Crippen molar-refractivity contribution in [1.29, 1.82) is 0 Å². The van der Waals surface area contributed by atoms with E-state index in [1.165, 1.54) is 12.1 Å². The maximum absolute atomic E-state index is 14.0. The van der Waals surface area contributed by atoms with Crippen molar-refractivity contribution in [2.45, 2.75) is 32.1 Å². The number of benzene rings is 1. The predicted octanol–water partition coefficient (Wildman–Crippen LogP) is 2.15. The zero-order valence-corrected chi connectivity index (χ0v) is 16.7. The molecule has 3 aliphatic rings. The molecule has 0 radical (unpaired) electrons. The van der Waals surface area contributed by atoms with Gasteiger partial charge < -0.3 is 14.7 Å². The van der Waals surface area contributed by atoms with E-state index in [1.54, 1.807) is 17.0 Å². The number of hydrogen-bond acceptors (Lipinski definition) is 3. The summed E-state index contributed by atoms with van der Waals surface area (Å²) in [6, 6.07) is 6.01. The summed E-state index contributed by atoms with van der Waals surface area (Å²) in [6.07, 6.45) is 4.30. The molecule has 1 atom stereocenters. The summed E-state index contributed by atoms with van der Waals surface area (Å²) < 4.78 is 14.0. The van der Waals surface area contributed by atoms with Gasteiger partial charge in [-0.1, -0.05) is 12.1 Å². The van der Waals surface area contributed by atoms with Crippen molar-refractivity contribution < 1.29 is 18.8 Å². The van der Waals surface area contributed by atoms with Gasteiger partial charge in [0.2, 0.25) is 11.8 Å². The lowest BCUT2D eigenvalue weighted by molar-refractivity contribution is -0.141. The molecule has 1 saturated carbocycles. The number of halogens is 1. The van der Waals surface area contributed by atoms with Gasteiger partial charge in [0.05, 0.1) is 11.5 Å². The Labute approximate surface area is 170 Å². The smallest absolute Gasteiger partial charge is 0.256 e. The van der Waals surface area contributed by atoms with Gasteiger partial charge in [-0.25, -0.2) is 4.39 Å². The Balaban J connectivity index is 1.35. The van der Waals surface area contributed by atoms with Crippen LogP contribution in [-0.2, 0) is 9.59 Å². The van der Waals surface area contributed by atoms with E-state index in [1.807, 2.05) is 9.80 Å². The molecule has 29 heavy (non-hydrogen) atoms. The Bertz CT molecular complexity index is 795. The number of carbonyl (C=O) groups excluding carboxylic acids is 3. The number of nitrogens with zero attached hydrogens (tertiary/aromatic N) is 3. The van der Waals surface area contributed by atoms with E-state index >= 15 is 0 Å². The molecule has 7 heteroatoms. The highest BCUT2D eigenvalue weighted by Crippen LogP contribution is 2.32. The molecule has 0 N–H and O–H groups in total. The fourth-order valence-electron chi connectivity index (χ4n) is 4.37. The third-order valence-corrected chi connectivity index (χ3v) is 6.21. The van der Waals surface area contributed by atoms with E-state index in [0.29, 0.717) is 39.1 Å². The van der Waals surface area contributed by atoms with Crippen LogP contribution in [0.25, 0.3) is 0 Å². The Morgan fingerprint density at radius 2 is 1.41 bits per heavy atom. The number of carbonyl (C=O) groups is 3. The zero-order valence-electron chi connectivity index (χ0n) is 16.7. The molecule has 0 spiro atoms. The molecule has 3 amide bonds. The van der Waals surface area contributed by atoms with Crippen LogP contribution in [0.5, 0.6) is 0 Å². The van der Waals surface area contributed by atoms with E-state index in [-0.39, 0.29) is 35.1 Å². The van der Waals surface area contributed by atoms with Crippen LogP contribution < -0.4 is 0 Å². The van der Waals surface area contributed by atoms with Gasteiger partial charge >= 0.3 is 0 Å². The predicted molar refractivity (Wildman–Crippen MR) is 106 cm³/mol. The van der Waals surface area contributed by atoms with Crippen molar-refractivity contribution in [2.24, 2.45) is 11.8 Å². The molecule has 2 aliphatic heterocycles. The van der Waals surface area contributed by atoms with Gasteiger partial charge in [0, 0.05) is 45.2 Å². The highest BCUT2D eigenvalue weighted by Gasteiger charge is 2.38. The van der Waals surface area contributed by atoms with Crippen molar-refractivity contribution in [1.82, 2.24) is 14.7 Å². The molecule has 1 aromatic carbocycles. The molecule has 1 aliphatic carbocycles. The lowest BCUT2D eigenvalue weighted by Crippen LogP contribution is -2.48. The molecule has 6 nitrogen and oxygen atoms in total.